The Hall–Kier alpha value is -0.500. The van der Waals surface area contributed by atoms with Crippen molar-refractivity contribution in [3.63, 3.8) is 0 Å². The number of aromatic nitrogens is 2. The van der Waals surface area contributed by atoms with Crippen molar-refractivity contribution in [2.45, 2.75) is 33.6 Å². The maximum Gasteiger partial charge on any atom is 0.108 e. The highest BCUT2D eigenvalue weighted by Crippen LogP contribution is 2.30. The van der Waals surface area contributed by atoms with Crippen LogP contribution < -0.4 is 0 Å². The van der Waals surface area contributed by atoms with Crippen LogP contribution >= 0.6 is 11.6 Å². The van der Waals surface area contributed by atoms with Crippen LogP contribution in [-0.2, 0) is 13.5 Å². The van der Waals surface area contributed by atoms with Crippen molar-refractivity contribution in [2.75, 3.05) is 5.88 Å². The Morgan fingerprint density at radius 3 is 2.53 bits per heavy atom. The number of aryl methyl sites for hydroxylation is 2. The number of nitrogens with zero attached hydrogens (tertiary/aromatic N) is 2. The summed E-state index contributed by atoms with van der Waals surface area (Å²) in [5.74, 6) is 2.43. The summed E-state index contributed by atoms with van der Waals surface area (Å²) in [5, 5.41) is 0. The number of rotatable bonds is 4. The topological polar surface area (TPSA) is 17.8 Å². The van der Waals surface area contributed by atoms with E-state index in [0.29, 0.717) is 5.92 Å². The summed E-state index contributed by atoms with van der Waals surface area (Å²) in [6, 6.07) is 0. The minimum absolute atomic E-state index is 0.285. The van der Waals surface area contributed by atoms with Gasteiger partial charge in [-0.3, -0.25) is 0 Å². The first-order valence-corrected chi connectivity index (χ1v) is 6.00. The van der Waals surface area contributed by atoms with Crippen LogP contribution in [0.4, 0.5) is 0 Å². The van der Waals surface area contributed by atoms with Crippen LogP contribution in [0.15, 0.2) is 12.4 Å². The predicted octanol–water partition coefficient (Wildman–Crippen LogP) is 3.25. The molecule has 1 aromatic rings. The molecule has 1 heterocycles. The fourth-order valence-electron chi connectivity index (χ4n) is 1.68. The summed E-state index contributed by atoms with van der Waals surface area (Å²) in [5.41, 5.74) is 0.285. The van der Waals surface area contributed by atoms with Gasteiger partial charge in [-0.2, -0.15) is 0 Å². The van der Waals surface area contributed by atoms with Gasteiger partial charge in [0.15, 0.2) is 0 Å². The van der Waals surface area contributed by atoms with Gasteiger partial charge in [0.2, 0.25) is 0 Å². The monoisotopic (exact) mass is 228 g/mol. The van der Waals surface area contributed by atoms with Crippen LogP contribution in [0.5, 0.6) is 0 Å². The Labute approximate surface area is 97.7 Å². The fraction of sp³-hybridized carbons (Fsp3) is 0.750. The Morgan fingerprint density at radius 1 is 1.47 bits per heavy atom. The van der Waals surface area contributed by atoms with Crippen LogP contribution in [0.25, 0.3) is 0 Å². The van der Waals surface area contributed by atoms with E-state index in [9.17, 15) is 0 Å². The number of imidazole rings is 1. The van der Waals surface area contributed by atoms with Crippen molar-refractivity contribution in [1.29, 1.82) is 0 Å². The average Bonchev–Trinajstić information content (AvgIpc) is 2.50. The normalized spacial score (nSPS) is 14.2. The molecule has 0 aliphatic rings. The second kappa shape index (κ2) is 5.02. The number of hydrogen-bond acceptors (Lipinski definition) is 1. The van der Waals surface area contributed by atoms with Gasteiger partial charge in [0.25, 0.3) is 0 Å². The molecule has 2 nitrogen and oxygen atoms in total. The molecule has 0 fully saturated rings. The number of hydrogen-bond donors (Lipinski definition) is 0. The van der Waals surface area contributed by atoms with Gasteiger partial charge in [-0.15, -0.1) is 11.6 Å². The van der Waals surface area contributed by atoms with Gasteiger partial charge in [0, 0.05) is 31.7 Å². The summed E-state index contributed by atoms with van der Waals surface area (Å²) in [7, 11) is 2.04. The summed E-state index contributed by atoms with van der Waals surface area (Å²) < 4.78 is 2.08. The molecular weight excluding hydrogens is 208 g/mol. The molecule has 1 atom stereocenters. The predicted molar refractivity (Wildman–Crippen MR) is 65.2 cm³/mol. The van der Waals surface area contributed by atoms with E-state index in [1.54, 1.807) is 0 Å². The molecule has 15 heavy (non-hydrogen) atoms. The second-order valence-electron chi connectivity index (χ2n) is 5.21. The van der Waals surface area contributed by atoms with Crippen LogP contribution in [0, 0.1) is 11.3 Å². The first-order valence-electron chi connectivity index (χ1n) is 5.47. The highest BCUT2D eigenvalue weighted by Gasteiger charge is 2.23. The molecule has 0 saturated heterocycles. The smallest absolute Gasteiger partial charge is 0.108 e. The third-order valence-corrected chi connectivity index (χ3v) is 3.42. The van der Waals surface area contributed by atoms with E-state index in [1.165, 1.54) is 0 Å². The van der Waals surface area contributed by atoms with E-state index >= 15 is 0 Å². The first-order chi connectivity index (χ1) is 6.95. The van der Waals surface area contributed by atoms with E-state index in [2.05, 4.69) is 30.3 Å². The molecular formula is C12H21ClN2. The van der Waals surface area contributed by atoms with Crippen molar-refractivity contribution >= 4 is 11.6 Å². The van der Waals surface area contributed by atoms with Crippen LogP contribution in [0.2, 0.25) is 0 Å². The zero-order valence-corrected chi connectivity index (χ0v) is 10.9. The number of halogens is 1. The Bertz CT molecular complexity index is 299. The molecule has 0 bridgehead atoms. The molecule has 0 N–H and O–H groups in total. The van der Waals surface area contributed by atoms with Crippen molar-refractivity contribution in [3.8, 4) is 0 Å². The van der Waals surface area contributed by atoms with Crippen LogP contribution in [0.1, 0.15) is 33.0 Å². The lowest BCUT2D eigenvalue weighted by atomic mass is 9.79. The minimum Gasteiger partial charge on any atom is -0.338 e. The second-order valence-corrected chi connectivity index (χ2v) is 5.52. The Kier molecular flexibility index (Phi) is 4.21. The lowest BCUT2D eigenvalue weighted by Crippen LogP contribution is -2.23. The zero-order chi connectivity index (χ0) is 11.5. The minimum atomic E-state index is 0.285. The maximum absolute atomic E-state index is 6.00. The van der Waals surface area contributed by atoms with Gasteiger partial charge in [-0.25, -0.2) is 4.98 Å². The third kappa shape index (κ3) is 3.53. The molecule has 0 aromatic carbocycles. The molecule has 1 aromatic heterocycles. The highest BCUT2D eigenvalue weighted by atomic mass is 35.5. The van der Waals surface area contributed by atoms with Gasteiger partial charge in [0.05, 0.1) is 0 Å². The van der Waals surface area contributed by atoms with Gasteiger partial charge < -0.3 is 4.57 Å². The molecule has 0 amide bonds. The van der Waals surface area contributed by atoms with E-state index in [0.717, 1.165) is 24.5 Å². The van der Waals surface area contributed by atoms with Crippen molar-refractivity contribution in [2.24, 2.45) is 18.4 Å². The van der Waals surface area contributed by atoms with Crippen LogP contribution in [-0.4, -0.2) is 15.4 Å². The molecule has 0 saturated carbocycles. The summed E-state index contributed by atoms with van der Waals surface area (Å²) >= 11 is 6.00. The van der Waals surface area contributed by atoms with Gasteiger partial charge in [-0.05, 0) is 17.8 Å². The standard InChI is InChI=1S/C12H21ClN2/c1-12(2,3)10(9-13)5-6-11-14-7-8-15(11)4/h7-8,10H,5-6,9H2,1-4H3. The highest BCUT2D eigenvalue weighted by molar-refractivity contribution is 6.18. The van der Waals surface area contributed by atoms with E-state index in [4.69, 9.17) is 11.6 Å². The lowest BCUT2D eigenvalue weighted by Gasteiger charge is -2.28. The molecule has 1 rings (SSSR count). The summed E-state index contributed by atoms with van der Waals surface area (Å²) in [6.45, 7) is 6.75. The van der Waals surface area contributed by atoms with Crippen molar-refractivity contribution in [3.05, 3.63) is 18.2 Å². The molecule has 0 spiro atoms. The maximum atomic E-state index is 6.00. The largest absolute Gasteiger partial charge is 0.338 e. The van der Waals surface area contributed by atoms with Gasteiger partial charge >= 0.3 is 0 Å². The van der Waals surface area contributed by atoms with E-state index in [1.807, 2.05) is 19.4 Å². The molecule has 0 aliphatic carbocycles. The molecule has 3 heteroatoms. The van der Waals surface area contributed by atoms with E-state index in [-0.39, 0.29) is 5.41 Å². The molecule has 0 aliphatic heterocycles. The lowest BCUT2D eigenvalue weighted by molar-refractivity contribution is 0.249. The Balaban J connectivity index is 2.52. The third-order valence-electron chi connectivity index (χ3n) is 3.05. The SMILES string of the molecule is Cn1ccnc1CCC(CCl)C(C)(C)C. The van der Waals surface area contributed by atoms with Crippen molar-refractivity contribution < 1.29 is 0 Å². The van der Waals surface area contributed by atoms with Gasteiger partial charge in [0.1, 0.15) is 5.82 Å². The molecule has 1 unspecified atom stereocenters. The average molecular weight is 229 g/mol. The van der Waals surface area contributed by atoms with Gasteiger partial charge in [-0.1, -0.05) is 20.8 Å². The van der Waals surface area contributed by atoms with E-state index < -0.39 is 0 Å². The summed E-state index contributed by atoms with van der Waals surface area (Å²) in [6.07, 6.45) is 5.96. The summed E-state index contributed by atoms with van der Waals surface area (Å²) in [4.78, 5) is 4.32. The Morgan fingerprint density at radius 2 is 2.13 bits per heavy atom. The fourth-order valence-corrected chi connectivity index (χ4v) is 2.30. The van der Waals surface area contributed by atoms with Crippen LogP contribution in [0.3, 0.4) is 0 Å². The quantitative estimate of drug-likeness (QED) is 0.724. The molecule has 86 valence electrons. The first kappa shape index (κ1) is 12.6. The molecule has 0 radical (unpaired) electrons. The number of alkyl halides is 1. The van der Waals surface area contributed by atoms with Crippen molar-refractivity contribution in [1.82, 2.24) is 9.55 Å². The zero-order valence-electron chi connectivity index (χ0n) is 10.1.